The molecule has 3 aliphatic carbocycles. The van der Waals surface area contributed by atoms with Crippen molar-refractivity contribution in [2.75, 3.05) is 0 Å². The Labute approximate surface area is 362 Å². The van der Waals surface area contributed by atoms with Crippen molar-refractivity contribution >= 4 is 0 Å². The highest BCUT2D eigenvalue weighted by atomic mass is 14.8. The van der Waals surface area contributed by atoms with Crippen LogP contribution in [0.1, 0.15) is 254 Å². The molecule has 0 radical (unpaired) electrons. The van der Waals surface area contributed by atoms with Gasteiger partial charge in [-0.25, -0.2) is 0 Å². The Morgan fingerprint density at radius 2 is 1.26 bits per heavy atom. The molecule has 0 aromatic carbocycles. The van der Waals surface area contributed by atoms with E-state index in [9.17, 15) is 0 Å². The van der Waals surface area contributed by atoms with E-state index < -0.39 is 0 Å². The Hall–Kier alpha value is 0. The first-order valence-electron chi connectivity index (χ1n) is 26.8. The minimum Gasteiger partial charge on any atom is -0.0654 e. The average molecular weight is 796 g/mol. The second-order valence-corrected chi connectivity index (χ2v) is 24.2. The lowest BCUT2D eigenvalue weighted by Gasteiger charge is -2.59. The van der Waals surface area contributed by atoms with Gasteiger partial charge in [0.15, 0.2) is 0 Å². The number of hydrogen-bond donors (Lipinski definition) is 0. The van der Waals surface area contributed by atoms with Gasteiger partial charge >= 0.3 is 0 Å². The lowest BCUT2D eigenvalue weighted by Crippen LogP contribution is -2.53. The third kappa shape index (κ3) is 10.6. The quantitative estimate of drug-likeness (QED) is 0.0727. The van der Waals surface area contributed by atoms with Gasteiger partial charge < -0.3 is 0 Å². The maximum Gasteiger partial charge on any atom is -0.0179 e. The summed E-state index contributed by atoms with van der Waals surface area (Å²) in [4.78, 5) is 0. The maximum atomic E-state index is 2.83. The first-order valence-corrected chi connectivity index (χ1v) is 26.8. The molecule has 3 rings (SSSR count). The summed E-state index contributed by atoms with van der Waals surface area (Å²) < 4.78 is 0. The summed E-state index contributed by atoms with van der Waals surface area (Å²) in [5.74, 6) is 12.9. The molecule has 0 aliphatic heterocycles. The standard InChI is InChI=1S/C57H110/c1-20-26-35-57-47(16)51(25-6)56(34-22-3,50(24-5)39(7)8)52(31-32-53(57)55(57,19)33-21-2)44(13)41(10)37-43(12)54(17,18)42(11)36-40(9)29-27-28-30-48(23-4)38-49-45(14)46(49)15/h39-53H,20-38H2,1-19H3. The molecule has 3 saturated carbocycles. The van der Waals surface area contributed by atoms with E-state index in [1.807, 2.05) is 0 Å². The zero-order valence-electron chi connectivity index (χ0n) is 43.1. The van der Waals surface area contributed by atoms with Crippen LogP contribution in [-0.4, -0.2) is 0 Å². The molecule has 16 unspecified atom stereocenters. The topological polar surface area (TPSA) is 0 Å². The average Bonchev–Trinajstić information content (AvgIpc) is 3.92. The Morgan fingerprint density at radius 1 is 0.667 bits per heavy atom. The molecule has 0 N–H and O–H groups in total. The van der Waals surface area contributed by atoms with Gasteiger partial charge in [-0.2, -0.15) is 0 Å². The fraction of sp³-hybridized carbons (Fsp3) is 1.00. The number of hydrogen-bond acceptors (Lipinski definition) is 0. The van der Waals surface area contributed by atoms with Crippen molar-refractivity contribution in [3.05, 3.63) is 0 Å². The van der Waals surface area contributed by atoms with E-state index >= 15 is 0 Å². The minimum atomic E-state index is 0.369. The van der Waals surface area contributed by atoms with Crippen LogP contribution >= 0.6 is 0 Å². The fourth-order valence-corrected chi connectivity index (χ4v) is 16.6. The van der Waals surface area contributed by atoms with Crippen LogP contribution in [0.25, 0.3) is 0 Å². The van der Waals surface area contributed by atoms with Crippen LogP contribution in [0, 0.1) is 110 Å². The summed E-state index contributed by atoms with van der Waals surface area (Å²) in [6.45, 7) is 49.7. The van der Waals surface area contributed by atoms with Crippen LogP contribution in [-0.2, 0) is 0 Å². The van der Waals surface area contributed by atoms with Crippen LogP contribution < -0.4 is 0 Å². The van der Waals surface area contributed by atoms with Crippen LogP contribution in [0.3, 0.4) is 0 Å². The molecule has 0 aromatic heterocycles. The van der Waals surface area contributed by atoms with Crippen molar-refractivity contribution in [3.8, 4) is 0 Å². The van der Waals surface area contributed by atoms with Crippen molar-refractivity contribution in [1.82, 2.24) is 0 Å². The SMILES string of the molecule is CCCCC12C(C)C(CC)C(CCC)(C(CC)C(C)C)C(C(C)C(C)CC(C)C(C)(C)C(C)CC(C)CCCCC(CC)CC3C(C)C3C)CCC1C2(C)CCC. The molecule has 0 spiro atoms. The van der Waals surface area contributed by atoms with Crippen molar-refractivity contribution in [3.63, 3.8) is 0 Å². The molecule has 3 fully saturated rings. The number of unbranched alkanes of at least 4 members (excludes halogenated alkanes) is 2. The van der Waals surface area contributed by atoms with E-state index in [0.717, 1.165) is 88.8 Å². The zero-order chi connectivity index (χ0) is 43.1. The minimum absolute atomic E-state index is 0.369. The van der Waals surface area contributed by atoms with Gasteiger partial charge in [-0.15, -0.1) is 0 Å². The lowest BCUT2D eigenvalue weighted by molar-refractivity contribution is -0.112. The summed E-state index contributed by atoms with van der Waals surface area (Å²) in [6.07, 6.45) is 27.1. The van der Waals surface area contributed by atoms with Gasteiger partial charge in [0.05, 0.1) is 0 Å². The number of fused-ring (bicyclic) bond motifs is 1. The molecular formula is C57H110. The fourth-order valence-electron chi connectivity index (χ4n) is 16.6. The van der Waals surface area contributed by atoms with E-state index in [4.69, 9.17) is 0 Å². The van der Waals surface area contributed by atoms with Crippen molar-refractivity contribution in [2.24, 2.45) is 110 Å². The molecule has 0 aromatic rings. The predicted molar refractivity (Wildman–Crippen MR) is 258 cm³/mol. The first-order chi connectivity index (χ1) is 26.8. The molecule has 0 heterocycles. The monoisotopic (exact) mass is 795 g/mol. The highest BCUT2D eigenvalue weighted by Gasteiger charge is 2.75. The summed E-state index contributed by atoms with van der Waals surface area (Å²) in [5, 5.41) is 0. The molecule has 0 saturated heterocycles. The van der Waals surface area contributed by atoms with Crippen molar-refractivity contribution in [1.29, 1.82) is 0 Å². The van der Waals surface area contributed by atoms with Gasteiger partial charge in [-0.1, -0.05) is 202 Å². The highest BCUT2D eigenvalue weighted by Crippen LogP contribution is 2.82. The summed E-state index contributed by atoms with van der Waals surface area (Å²) >= 11 is 0. The molecule has 16 atom stereocenters. The van der Waals surface area contributed by atoms with Gasteiger partial charge in [0, 0.05) is 0 Å². The first kappa shape index (κ1) is 51.4. The third-order valence-electron chi connectivity index (χ3n) is 21.0. The molecule has 0 heteroatoms. The normalized spacial score (nSPS) is 36.7. The second kappa shape index (κ2) is 21.9. The Morgan fingerprint density at radius 3 is 1.77 bits per heavy atom. The smallest absolute Gasteiger partial charge is 0.0179 e. The van der Waals surface area contributed by atoms with Gasteiger partial charge in [0.1, 0.15) is 0 Å². The molecule has 3 aliphatic rings. The Bertz CT molecular complexity index is 1120. The molecule has 0 nitrogen and oxygen atoms in total. The van der Waals surface area contributed by atoms with Crippen LogP contribution in [0.4, 0.5) is 0 Å². The third-order valence-corrected chi connectivity index (χ3v) is 21.0. The lowest BCUT2D eigenvalue weighted by atomic mass is 9.45. The predicted octanol–water partition coefficient (Wildman–Crippen LogP) is 19.0. The number of rotatable bonds is 27. The molecule has 338 valence electrons. The van der Waals surface area contributed by atoms with Gasteiger partial charge in [0.2, 0.25) is 0 Å². The zero-order valence-corrected chi connectivity index (χ0v) is 43.1. The van der Waals surface area contributed by atoms with Gasteiger partial charge in [-0.05, 0) is 162 Å². The summed E-state index contributed by atoms with van der Waals surface area (Å²) in [5.41, 5.74) is 1.91. The molecule has 57 heavy (non-hydrogen) atoms. The summed E-state index contributed by atoms with van der Waals surface area (Å²) in [7, 11) is 0. The van der Waals surface area contributed by atoms with E-state index in [1.165, 1.54) is 122 Å². The van der Waals surface area contributed by atoms with Gasteiger partial charge in [-0.3, -0.25) is 0 Å². The second-order valence-electron chi connectivity index (χ2n) is 24.2. The maximum absolute atomic E-state index is 2.83. The molecular weight excluding hydrogens is 685 g/mol. The highest BCUT2D eigenvalue weighted by molar-refractivity contribution is 5.23. The Kier molecular flexibility index (Phi) is 19.7. The largest absolute Gasteiger partial charge is 0.0654 e. The van der Waals surface area contributed by atoms with Crippen molar-refractivity contribution in [2.45, 2.75) is 254 Å². The van der Waals surface area contributed by atoms with Crippen LogP contribution in [0.5, 0.6) is 0 Å². The van der Waals surface area contributed by atoms with Gasteiger partial charge in [0.25, 0.3) is 0 Å². The molecule has 0 amide bonds. The van der Waals surface area contributed by atoms with E-state index in [1.54, 1.807) is 0 Å². The van der Waals surface area contributed by atoms with E-state index in [2.05, 4.69) is 132 Å². The Balaban J connectivity index is 1.81. The summed E-state index contributed by atoms with van der Waals surface area (Å²) in [6, 6.07) is 0. The van der Waals surface area contributed by atoms with E-state index in [-0.39, 0.29) is 0 Å². The van der Waals surface area contributed by atoms with Crippen LogP contribution in [0.2, 0.25) is 0 Å². The van der Waals surface area contributed by atoms with E-state index in [0.29, 0.717) is 21.7 Å². The molecule has 0 bridgehead atoms. The van der Waals surface area contributed by atoms with Crippen LogP contribution in [0.15, 0.2) is 0 Å². The van der Waals surface area contributed by atoms with Crippen molar-refractivity contribution < 1.29 is 0 Å².